The van der Waals surface area contributed by atoms with Crippen molar-refractivity contribution in [3.63, 3.8) is 0 Å². The molecule has 0 unspecified atom stereocenters. The summed E-state index contributed by atoms with van der Waals surface area (Å²) in [5, 5.41) is 8.87. The van der Waals surface area contributed by atoms with Crippen LogP contribution in [0.15, 0.2) is 16.6 Å². The molecule has 0 fully saturated rings. The Morgan fingerprint density at radius 3 is 2.76 bits per heavy atom. The van der Waals surface area contributed by atoms with Crippen LogP contribution in [0.3, 0.4) is 0 Å². The van der Waals surface area contributed by atoms with Gasteiger partial charge in [-0.3, -0.25) is 4.39 Å². The molecule has 0 aromatic heterocycles. The van der Waals surface area contributed by atoms with Crippen LogP contribution in [0.1, 0.15) is 16.8 Å². The normalized spacial score (nSPS) is 10.1. The van der Waals surface area contributed by atoms with Crippen molar-refractivity contribution in [1.29, 1.82) is 0 Å². The number of carboxylic acids is 1. The smallest absolute Gasteiger partial charge is 0.335 e. The molecule has 0 amide bonds. The van der Waals surface area contributed by atoms with E-state index in [0.29, 0.717) is 16.0 Å². The van der Waals surface area contributed by atoms with E-state index in [2.05, 4.69) is 15.9 Å². The summed E-state index contributed by atoms with van der Waals surface area (Å²) in [7, 11) is 1.41. The fraction of sp³-hybridized carbons (Fsp3) is 0.364. The first-order chi connectivity index (χ1) is 8.10. The van der Waals surface area contributed by atoms with E-state index >= 15 is 0 Å². The molecule has 4 nitrogen and oxygen atoms in total. The summed E-state index contributed by atoms with van der Waals surface area (Å²) in [6, 6.07) is 2.77. The number of carboxylic acid groups (broad SMARTS) is 1. The Kier molecular flexibility index (Phi) is 5.21. The predicted octanol–water partition coefficient (Wildman–Crippen LogP) is 2.89. The minimum absolute atomic E-state index is 0.0894. The lowest BCUT2D eigenvalue weighted by Gasteiger charge is -2.12. The largest absolute Gasteiger partial charge is 0.493 e. The van der Waals surface area contributed by atoms with Gasteiger partial charge < -0.3 is 14.6 Å². The van der Waals surface area contributed by atoms with Gasteiger partial charge in [0.1, 0.15) is 0 Å². The number of methoxy groups -OCH3 is 1. The molecule has 1 aromatic rings. The molecule has 0 aliphatic heterocycles. The average molecular weight is 307 g/mol. The van der Waals surface area contributed by atoms with Crippen molar-refractivity contribution in [2.75, 3.05) is 20.4 Å². The van der Waals surface area contributed by atoms with Gasteiger partial charge in [0.15, 0.2) is 11.5 Å². The van der Waals surface area contributed by atoms with Crippen molar-refractivity contribution < 1.29 is 23.8 Å². The van der Waals surface area contributed by atoms with Gasteiger partial charge in [-0.25, -0.2) is 4.79 Å². The second kappa shape index (κ2) is 6.44. The maximum atomic E-state index is 11.9. The number of hydrogen-bond donors (Lipinski definition) is 1. The molecule has 94 valence electrons. The highest BCUT2D eigenvalue weighted by Crippen LogP contribution is 2.36. The summed E-state index contributed by atoms with van der Waals surface area (Å²) in [5.74, 6) is -0.374. The highest BCUT2D eigenvalue weighted by molar-refractivity contribution is 9.10. The first-order valence-electron chi connectivity index (χ1n) is 4.89. The summed E-state index contributed by atoms with van der Waals surface area (Å²) in [5.41, 5.74) is 0.0894. The molecular formula is C11H12BrFO4. The number of benzene rings is 1. The zero-order chi connectivity index (χ0) is 12.8. The molecule has 6 heteroatoms. The van der Waals surface area contributed by atoms with E-state index in [4.69, 9.17) is 14.6 Å². The minimum atomic E-state index is -1.06. The maximum Gasteiger partial charge on any atom is 0.335 e. The molecule has 0 aliphatic rings. The summed E-state index contributed by atoms with van der Waals surface area (Å²) in [6.45, 7) is -0.259. The average Bonchev–Trinajstić information content (AvgIpc) is 2.30. The zero-order valence-corrected chi connectivity index (χ0v) is 10.8. The van der Waals surface area contributed by atoms with Crippen molar-refractivity contribution in [2.24, 2.45) is 0 Å². The van der Waals surface area contributed by atoms with Crippen molar-refractivity contribution in [2.45, 2.75) is 6.42 Å². The van der Waals surface area contributed by atoms with Gasteiger partial charge in [0, 0.05) is 6.42 Å². The Morgan fingerprint density at radius 1 is 1.53 bits per heavy atom. The number of alkyl halides is 1. The van der Waals surface area contributed by atoms with E-state index in [0.717, 1.165) is 0 Å². The SMILES string of the molecule is COc1cc(C(=O)O)cc(Br)c1OCCCF. The van der Waals surface area contributed by atoms with E-state index in [9.17, 15) is 9.18 Å². The Labute approximate surface area is 106 Å². The van der Waals surface area contributed by atoms with Gasteiger partial charge >= 0.3 is 5.97 Å². The van der Waals surface area contributed by atoms with Crippen LogP contribution in [0.2, 0.25) is 0 Å². The molecule has 0 aliphatic carbocycles. The van der Waals surface area contributed by atoms with Crippen molar-refractivity contribution in [1.82, 2.24) is 0 Å². The first kappa shape index (κ1) is 13.8. The number of ether oxygens (including phenoxy) is 2. The molecular weight excluding hydrogens is 295 g/mol. The minimum Gasteiger partial charge on any atom is -0.493 e. The van der Waals surface area contributed by atoms with Crippen LogP contribution >= 0.6 is 15.9 Å². The molecule has 17 heavy (non-hydrogen) atoms. The Bertz CT molecular complexity index is 409. The van der Waals surface area contributed by atoms with Crippen LogP contribution in [0.25, 0.3) is 0 Å². The van der Waals surface area contributed by atoms with Crippen molar-refractivity contribution in [3.05, 3.63) is 22.2 Å². The zero-order valence-electron chi connectivity index (χ0n) is 9.20. The van der Waals surface area contributed by atoms with E-state index in [-0.39, 0.29) is 18.6 Å². The lowest BCUT2D eigenvalue weighted by Crippen LogP contribution is -2.03. The molecule has 0 bridgehead atoms. The highest BCUT2D eigenvalue weighted by atomic mass is 79.9. The Balaban J connectivity index is 2.99. The predicted molar refractivity (Wildman–Crippen MR) is 63.7 cm³/mol. The molecule has 0 saturated carbocycles. The van der Waals surface area contributed by atoms with Gasteiger partial charge in [-0.2, -0.15) is 0 Å². The molecule has 0 radical (unpaired) electrons. The van der Waals surface area contributed by atoms with Crippen LogP contribution in [-0.2, 0) is 0 Å². The van der Waals surface area contributed by atoms with E-state index in [1.54, 1.807) is 0 Å². The second-order valence-electron chi connectivity index (χ2n) is 3.19. The van der Waals surface area contributed by atoms with E-state index < -0.39 is 12.6 Å². The van der Waals surface area contributed by atoms with Gasteiger partial charge in [-0.05, 0) is 28.1 Å². The molecule has 0 heterocycles. The van der Waals surface area contributed by atoms with Gasteiger partial charge in [-0.1, -0.05) is 0 Å². The standard InChI is InChI=1S/C11H12BrFO4/c1-16-9-6-7(11(14)15)5-8(12)10(9)17-4-2-3-13/h5-6H,2-4H2,1H3,(H,14,15). The number of hydrogen-bond acceptors (Lipinski definition) is 3. The molecule has 0 spiro atoms. The lowest BCUT2D eigenvalue weighted by molar-refractivity contribution is 0.0696. The fourth-order valence-corrected chi connectivity index (χ4v) is 1.77. The van der Waals surface area contributed by atoms with Crippen LogP contribution in [0.5, 0.6) is 11.5 Å². The van der Waals surface area contributed by atoms with Crippen LogP contribution < -0.4 is 9.47 Å². The second-order valence-corrected chi connectivity index (χ2v) is 4.04. The van der Waals surface area contributed by atoms with Crippen molar-refractivity contribution in [3.8, 4) is 11.5 Å². The fourth-order valence-electron chi connectivity index (χ4n) is 1.21. The van der Waals surface area contributed by atoms with E-state index in [1.807, 2.05) is 0 Å². The van der Waals surface area contributed by atoms with Gasteiger partial charge in [0.05, 0.1) is 30.4 Å². The number of aromatic carboxylic acids is 1. The number of halogens is 2. The number of carbonyl (C=O) groups is 1. The Hall–Kier alpha value is -1.30. The summed E-state index contributed by atoms with van der Waals surface area (Å²) < 4.78 is 22.8. The maximum absolute atomic E-state index is 11.9. The molecule has 1 rings (SSSR count). The first-order valence-corrected chi connectivity index (χ1v) is 5.69. The van der Waals surface area contributed by atoms with Crippen LogP contribution in [0.4, 0.5) is 4.39 Å². The van der Waals surface area contributed by atoms with Crippen LogP contribution in [0, 0.1) is 0 Å². The third kappa shape index (κ3) is 3.59. The topological polar surface area (TPSA) is 55.8 Å². The molecule has 1 aromatic carbocycles. The molecule has 1 N–H and O–H groups in total. The molecule has 0 saturated heterocycles. The summed E-state index contributed by atoms with van der Waals surface area (Å²) in [6.07, 6.45) is 0.274. The third-order valence-corrected chi connectivity index (χ3v) is 2.59. The van der Waals surface area contributed by atoms with Crippen LogP contribution in [-0.4, -0.2) is 31.5 Å². The monoisotopic (exact) mass is 306 g/mol. The summed E-state index contributed by atoms with van der Waals surface area (Å²) in [4.78, 5) is 10.8. The number of rotatable bonds is 6. The van der Waals surface area contributed by atoms with Gasteiger partial charge in [-0.15, -0.1) is 0 Å². The quantitative estimate of drug-likeness (QED) is 0.821. The lowest BCUT2D eigenvalue weighted by atomic mass is 10.2. The highest BCUT2D eigenvalue weighted by Gasteiger charge is 2.14. The summed E-state index contributed by atoms with van der Waals surface area (Å²) >= 11 is 3.20. The third-order valence-electron chi connectivity index (χ3n) is 2.00. The molecule has 0 atom stereocenters. The van der Waals surface area contributed by atoms with Crippen molar-refractivity contribution >= 4 is 21.9 Å². The van der Waals surface area contributed by atoms with Gasteiger partial charge in [0.25, 0.3) is 0 Å². The Morgan fingerprint density at radius 2 is 2.24 bits per heavy atom. The van der Waals surface area contributed by atoms with E-state index in [1.165, 1.54) is 19.2 Å². The van der Waals surface area contributed by atoms with Gasteiger partial charge in [0.2, 0.25) is 0 Å².